The predicted molar refractivity (Wildman–Crippen MR) is 112 cm³/mol. The van der Waals surface area contributed by atoms with Crippen molar-refractivity contribution in [3.8, 4) is 22.5 Å². The molecule has 1 aliphatic heterocycles. The van der Waals surface area contributed by atoms with Crippen molar-refractivity contribution in [1.29, 1.82) is 0 Å². The molecule has 0 radical (unpaired) electrons. The maximum atomic E-state index is 11.8. The number of rotatable bonds is 4. The molecule has 0 N–H and O–H groups in total. The standard InChI is InChI=1S/C22H21ClN4O/c23-15-20(28)27-13-11-26(12-14-27)19-16-24-21(17-7-3-1-4-8-17)22(25-19)18-9-5-2-6-10-18/h1-10,16H,11-15H2. The number of nitrogens with zero attached hydrogens (tertiary/aromatic N) is 4. The zero-order chi connectivity index (χ0) is 19.3. The van der Waals surface area contributed by atoms with Gasteiger partial charge < -0.3 is 9.80 Å². The number of aromatic nitrogens is 2. The minimum absolute atomic E-state index is 0.0169. The van der Waals surface area contributed by atoms with Crippen LogP contribution in [0.5, 0.6) is 0 Å². The number of benzene rings is 2. The summed E-state index contributed by atoms with van der Waals surface area (Å²) in [6.45, 7) is 2.73. The van der Waals surface area contributed by atoms with Gasteiger partial charge in [-0.1, -0.05) is 60.7 Å². The number of amides is 1. The molecule has 0 unspecified atom stereocenters. The van der Waals surface area contributed by atoms with Gasteiger partial charge in [0.1, 0.15) is 11.7 Å². The Bertz CT molecular complexity index is 941. The quantitative estimate of drug-likeness (QED) is 0.635. The Balaban J connectivity index is 1.67. The van der Waals surface area contributed by atoms with Crippen molar-refractivity contribution in [2.24, 2.45) is 0 Å². The minimum atomic E-state index is -0.0169. The first-order chi connectivity index (χ1) is 13.8. The fourth-order valence-electron chi connectivity index (χ4n) is 3.41. The normalized spacial score (nSPS) is 14.2. The summed E-state index contributed by atoms with van der Waals surface area (Å²) in [5.41, 5.74) is 3.81. The SMILES string of the molecule is O=C(CCl)N1CCN(c2cnc(-c3ccccc3)c(-c3ccccc3)n2)CC1. The zero-order valence-corrected chi connectivity index (χ0v) is 16.2. The van der Waals surface area contributed by atoms with Crippen molar-refractivity contribution >= 4 is 23.3 Å². The average Bonchev–Trinajstić information content (AvgIpc) is 2.79. The van der Waals surface area contributed by atoms with Gasteiger partial charge in [-0.3, -0.25) is 9.78 Å². The molecule has 5 nitrogen and oxygen atoms in total. The summed E-state index contributed by atoms with van der Waals surface area (Å²) in [5, 5.41) is 0. The van der Waals surface area contributed by atoms with E-state index in [-0.39, 0.29) is 11.8 Å². The Labute approximate surface area is 169 Å². The van der Waals surface area contributed by atoms with E-state index in [2.05, 4.69) is 17.0 Å². The lowest BCUT2D eigenvalue weighted by molar-refractivity contribution is -0.128. The largest absolute Gasteiger partial charge is 0.352 e. The van der Waals surface area contributed by atoms with Gasteiger partial charge in [-0.15, -0.1) is 11.6 Å². The molecule has 0 spiro atoms. The summed E-state index contributed by atoms with van der Waals surface area (Å²) in [5.74, 6) is 0.845. The highest BCUT2D eigenvalue weighted by Gasteiger charge is 2.22. The number of carbonyl (C=O) groups excluding carboxylic acids is 1. The van der Waals surface area contributed by atoms with Crippen molar-refractivity contribution < 1.29 is 4.79 Å². The molecule has 1 aliphatic rings. The highest BCUT2D eigenvalue weighted by atomic mass is 35.5. The second kappa shape index (κ2) is 8.40. The molecule has 0 aliphatic carbocycles. The second-order valence-corrected chi connectivity index (χ2v) is 6.93. The Morgan fingerprint density at radius 2 is 1.43 bits per heavy atom. The molecule has 142 valence electrons. The molecule has 6 heteroatoms. The number of hydrogen-bond acceptors (Lipinski definition) is 4. The lowest BCUT2D eigenvalue weighted by Gasteiger charge is -2.35. The summed E-state index contributed by atoms with van der Waals surface area (Å²) < 4.78 is 0. The van der Waals surface area contributed by atoms with Gasteiger partial charge in [0.2, 0.25) is 5.91 Å². The third kappa shape index (κ3) is 3.85. The van der Waals surface area contributed by atoms with E-state index in [1.807, 2.05) is 54.7 Å². The van der Waals surface area contributed by atoms with Crippen LogP contribution in [0.15, 0.2) is 66.9 Å². The van der Waals surface area contributed by atoms with E-state index in [1.54, 1.807) is 4.90 Å². The van der Waals surface area contributed by atoms with E-state index in [9.17, 15) is 4.79 Å². The number of piperazine rings is 1. The van der Waals surface area contributed by atoms with E-state index in [0.717, 1.165) is 41.4 Å². The zero-order valence-electron chi connectivity index (χ0n) is 15.5. The fraction of sp³-hybridized carbons (Fsp3) is 0.227. The van der Waals surface area contributed by atoms with Crippen LogP contribution in [0.4, 0.5) is 5.82 Å². The van der Waals surface area contributed by atoms with Gasteiger partial charge in [0.05, 0.1) is 17.6 Å². The molecule has 1 aromatic heterocycles. The van der Waals surface area contributed by atoms with Crippen LogP contribution in [0.1, 0.15) is 0 Å². The molecular weight excluding hydrogens is 372 g/mol. The summed E-state index contributed by atoms with van der Waals surface area (Å²) >= 11 is 5.68. The van der Waals surface area contributed by atoms with Crippen LogP contribution in [0, 0.1) is 0 Å². The van der Waals surface area contributed by atoms with E-state index < -0.39 is 0 Å². The summed E-state index contributed by atoms with van der Waals surface area (Å²) in [7, 11) is 0. The Morgan fingerprint density at radius 1 is 0.857 bits per heavy atom. The Kier molecular flexibility index (Phi) is 5.53. The lowest BCUT2D eigenvalue weighted by atomic mass is 10.0. The molecule has 1 amide bonds. The number of hydrogen-bond donors (Lipinski definition) is 0. The van der Waals surface area contributed by atoms with Crippen LogP contribution in [-0.4, -0.2) is 52.8 Å². The van der Waals surface area contributed by atoms with Crippen molar-refractivity contribution in [3.05, 3.63) is 66.9 Å². The molecule has 28 heavy (non-hydrogen) atoms. The Morgan fingerprint density at radius 3 is 2.00 bits per heavy atom. The minimum Gasteiger partial charge on any atom is -0.352 e. The summed E-state index contributed by atoms with van der Waals surface area (Å²) in [6, 6.07) is 20.2. The molecule has 2 aromatic carbocycles. The fourth-order valence-corrected chi connectivity index (χ4v) is 3.58. The average molecular weight is 393 g/mol. The number of carbonyl (C=O) groups is 1. The van der Waals surface area contributed by atoms with Crippen LogP contribution in [0.25, 0.3) is 22.5 Å². The van der Waals surface area contributed by atoms with Crippen LogP contribution in [0.2, 0.25) is 0 Å². The van der Waals surface area contributed by atoms with Crippen molar-refractivity contribution in [2.45, 2.75) is 0 Å². The van der Waals surface area contributed by atoms with E-state index in [1.165, 1.54) is 0 Å². The number of anilines is 1. The summed E-state index contributed by atoms with van der Waals surface area (Å²) in [6.07, 6.45) is 1.83. The molecule has 4 rings (SSSR count). The smallest absolute Gasteiger partial charge is 0.237 e. The van der Waals surface area contributed by atoms with E-state index in [0.29, 0.717) is 13.1 Å². The van der Waals surface area contributed by atoms with E-state index >= 15 is 0 Å². The van der Waals surface area contributed by atoms with Crippen LogP contribution < -0.4 is 4.90 Å². The maximum Gasteiger partial charge on any atom is 0.237 e. The number of halogens is 1. The molecule has 0 bridgehead atoms. The second-order valence-electron chi connectivity index (χ2n) is 6.66. The number of alkyl halides is 1. The molecule has 3 aromatic rings. The highest BCUT2D eigenvalue weighted by molar-refractivity contribution is 6.27. The Hall–Kier alpha value is -2.92. The molecule has 1 saturated heterocycles. The van der Waals surface area contributed by atoms with Crippen LogP contribution in [0.3, 0.4) is 0 Å². The topological polar surface area (TPSA) is 49.3 Å². The molecular formula is C22H21ClN4O. The van der Waals surface area contributed by atoms with Crippen molar-refractivity contribution in [3.63, 3.8) is 0 Å². The van der Waals surface area contributed by atoms with Gasteiger partial charge in [0.25, 0.3) is 0 Å². The lowest BCUT2D eigenvalue weighted by Crippen LogP contribution is -2.49. The first-order valence-corrected chi connectivity index (χ1v) is 9.86. The first kappa shape index (κ1) is 18.4. The molecule has 0 atom stereocenters. The van der Waals surface area contributed by atoms with Crippen LogP contribution >= 0.6 is 11.6 Å². The van der Waals surface area contributed by atoms with Crippen molar-refractivity contribution in [2.75, 3.05) is 37.0 Å². The van der Waals surface area contributed by atoms with Crippen LogP contribution in [-0.2, 0) is 4.79 Å². The maximum absolute atomic E-state index is 11.8. The molecule has 1 fully saturated rings. The molecule has 2 heterocycles. The van der Waals surface area contributed by atoms with Gasteiger partial charge in [0.15, 0.2) is 0 Å². The first-order valence-electron chi connectivity index (χ1n) is 9.33. The van der Waals surface area contributed by atoms with Gasteiger partial charge in [-0.2, -0.15) is 0 Å². The van der Waals surface area contributed by atoms with Gasteiger partial charge in [-0.05, 0) is 0 Å². The monoisotopic (exact) mass is 392 g/mol. The van der Waals surface area contributed by atoms with Gasteiger partial charge in [-0.25, -0.2) is 4.98 Å². The summed E-state index contributed by atoms with van der Waals surface area (Å²) in [4.78, 5) is 25.5. The molecule has 0 saturated carbocycles. The van der Waals surface area contributed by atoms with Gasteiger partial charge in [0, 0.05) is 37.3 Å². The van der Waals surface area contributed by atoms with E-state index in [4.69, 9.17) is 21.6 Å². The van der Waals surface area contributed by atoms with Gasteiger partial charge >= 0.3 is 0 Å². The highest BCUT2D eigenvalue weighted by Crippen LogP contribution is 2.30. The third-order valence-corrected chi connectivity index (χ3v) is 5.15. The predicted octanol–water partition coefficient (Wildman–Crippen LogP) is 3.70. The van der Waals surface area contributed by atoms with Crippen molar-refractivity contribution in [1.82, 2.24) is 14.9 Å². The third-order valence-electron chi connectivity index (χ3n) is 4.92.